The Morgan fingerprint density at radius 1 is 1.37 bits per heavy atom. The zero-order valence-corrected chi connectivity index (χ0v) is 11.3. The van der Waals surface area contributed by atoms with E-state index in [1.807, 2.05) is 30.3 Å². The number of rotatable bonds is 3. The van der Waals surface area contributed by atoms with Gasteiger partial charge in [0, 0.05) is 17.6 Å². The normalized spacial score (nSPS) is 11.5. The summed E-state index contributed by atoms with van der Waals surface area (Å²) >= 11 is 0. The van der Waals surface area contributed by atoms with Crippen molar-refractivity contribution in [2.24, 2.45) is 5.73 Å². The van der Waals surface area contributed by atoms with E-state index < -0.39 is 12.0 Å². The first-order chi connectivity index (χ1) is 9.08. The van der Waals surface area contributed by atoms with Crippen LogP contribution in [0.4, 0.5) is 0 Å². The van der Waals surface area contributed by atoms with Crippen LogP contribution in [-0.4, -0.2) is 16.1 Å². The maximum atomic E-state index is 10.5. The van der Waals surface area contributed by atoms with Crippen LogP contribution in [0.3, 0.4) is 0 Å². The van der Waals surface area contributed by atoms with Gasteiger partial charge in [0.1, 0.15) is 0 Å². The van der Waals surface area contributed by atoms with E-state index >= 15 is 0 Å². The quantitative estimate of drug-likeness (QED) is 0.889. The Hall–Kier alpha value is -1.94. The Balaban J connectivity index is 0.000000550. The number of carboxylic acid groups (broad SMARTS) is 1. The van der Waals surface area contributed by atoms with Gasteiger partial charge in [0.05, 0.1) is 11.9 Å². The summed E-state index contributed by atoms with van der Waals surface area (Å²) in [6.45, 7) is 4.25. The highest BCUT2D eigenvalue weighted by Gasteiger charge is 2.11. The van der Waals surface area contributed by atoms with E-state index in [2.05, 4.69) is 18.8 Å². The number of fused-ring (bicyclic) bond motifs is 1. The lowest BCUT2D eigenvalue weighted by Gasteiger charge is -2.09. The molecule has 1 unspecified atom stereocenters. The molecule has 3 N–H and O–H groups in total. The summed E-state index contributed by atoms with van der Waals surface area (Å²) in [6, 6.07) is 9.04. The highest BCUT2D eigenvalue weighted by Crippen LogP contribution is 2.18. The standard InChI is InChI=1S/C12H12N2O2.C3H8/c13-10(6-12(15)16)9-5-8-3-1-2-4-11(8)14-7-9;1-3-2/h1-5,7,10H,6,13H2,(H,15,16);3H2,1-2H3. The smallest absolute Gasteiger partial charge is 0.305 e. The molecule has 0 saturated carbocycles. The molecule has 0 aliphatic rings. The fourth-order valence-corrected chi connectivity index (χ4v) is 1.60. The molecule has 0 aliphatic heterocycles. The van der Waals surface area contributed by atoms with Crippen molar-refractivity contribution < 1.29 is 9.90 Å². The van der Waals surface area contributed by atoms with Crippen molar-refractivity contribution in [2.75, 3.05) is 0 Å². The Labute approximate surface area is 113 Å². The van der Waals surface area contributed by atoms with Crippen LogP contribution in [0.15, 0.2) is 36.5 Å². The number of hydrogen-bond donors (Lipinski definition) is 2. The first kappa shape index (κ1) is 15.1. The van der Waals surface area contributed by atoms with Gasteiger partial charge in [-0.25, -0.2) is 0 Å². The number of nitrogens with zero attached hydrogens (tertiary/aromatic N) is 1. The maximum Gasteiger partial charge on any atom is 0.305 e. The van der Waals surface area contributed by atoms with Crippen molar-refractivity contribution in [3.63, 3.8) is 0 Å². The predicted octanol–water partition coefficient (Wildman–Crippen LogP) is 3.13. The molecule has 1 aromatic carbocycles. The summed E-state index contributed by atoms with van der Waals surface area (Å²) in [5.74, 6) is -0.902. The van der Waals surface area contributed by atoms with E-state index in [4.69, 9.17) is 10.8 Å². The second-order valence-electron chi connectivity index (χ2n) is 4.37. The fraction of sp³-hybridized carbons (Fsp3) is 0.333. The van der Waals surface area contributed by atoms with Gasteiger partial charge < -0.3 is 10.8 Å². The van der Waals surface area contributed by atoms with Gasteiger partial charge in [0.25, 0.3) is 0 Å². The zero-order chi connectivity index (χ0) is 14.3. The second-order valence-corrected chi connectivity index (χ2v) is 4.37. The topological polar surface area (TPSA) is 76.2 Å². The number of pyridine rings is 1. The van der Waals surface area contributed by atoms with Gasteiger partial charge in [-0.15, -0.1) is 0 Å². The summed E-state index contributed by atoms with van der Waals surface area (Å²) in [4.78, 5) is 14.8. The summed E-state index contributed by atoms with van der Waals surface area (Å²) < 4.78 is 0. The van der Waals surface area contributed by atoms with Crippen molar-refractivity contribution in [1.82, 2.24) is 4.98 Å². The molecule has 2 rings (SSSR count). The van der Waals surface area contributed by atoms with E-state index in [0.29, 0.717) is 0 Å². The monoisotopic (exact) mass is 260 g/mol. The molecule has 1 atom stereocenters. The van der Waals surface area contributed by atoms with Gasteiger partial charge in [-0.05, 0) is 17.7 Å². The SMILES string of the molecule is CCC.NC(CC(=O)O)c1cnc2ccccc2c1. The number of benzene rings is 1. The van der Waals surface area contributed by atoms with Crippen LogP contribution in [-0.2, 0) is 4.79 Å². The molecule has 19 heavy (non-hydrogen) atoms. The van der Waals surface area contributed by atoms with Crippen LogP contribution in [0.1, 0.15) is 38.3 Å². The molecule has 0 saturated heterocycles. The molecule has 0 radical (unpaired) electrons. The molecule has 4 nitrogen and oxygen atoms in total. The summed E-state index contributed by atoms with van der Waals surface area (Å²) in [5.41, 5.74) is 7.40. The van der Waals surface area contributed by atoms with Crippen molar-refractivity contribution in [1.29, 1.82) is 0 Å². The van der Waals surface area contributed by atoms with Crippen LogP contribution in [0.2, 0.25) is 0 Å². The van der Waals surface area contributed by atoms with Crippen LogP contribution in [0.25, 0.3) is 10.9 Å². The van der Waals surface area contributed by atoms with Crippen LogP contribution in [0.5, 0.6) is 0 Å². The summed E-state index contributed by atoms with van der Waals surface area (Å²) in [7, 11) is 0. The van der Waals surface area contributed by atoms with E-state index in [9.17, 15) is 4.79 Å². The minimum Gasteiger partial charge on any atom is -0.481 e. The molecule has 0 bridgehead atoms. The van der Waals surface area contributed by atoms with Gasteiger partial charge in [0.15, 0.2) is 0 Å². The molecule has 0 spiro atoms. The number of aromatic nitrogens is 1. The number of para-hydroxylation sites is 1. The first-order valence-electron chi connectivity index (χ1n) is 6.40. The highest BCUT2D eigenvalue weighted by molar-refractivity contribution is 5.79. The zero-order valence-electron chi connectivity index (χ0n) is 11.3. The third kappa shape index (κ3) is 4.67. The van der Waals surface area contributed by atoms with Gasteiger partial charge >= 0.3 is 5.97 Å². The highest BCUT2D eigenvalue weighted by atomic mass is 16.4. The van der Waals surface area contributed by atoms with Crippen molar-refractivity contribution in [3.05, 3.63) is 42.1 Å². The molecule has 2 aromatic rings. The summed E-state index contributed by atoms with van der Waals surface area (Å²) in [6.07, 6.45) is 2.80. The Kier molecular flexibility index (Phi) is 5.96. The second kappa shape index (κ2) is 7.48. The van der Waals surface area contributed by atoms with Gasteiger partial charge in [0.2, 0.25) is 0 Å². The van der Waals surface area contributed by atoms with Crippen molar-refractivity contribution in [2.45, 2.75) is 32.7 Å². The molecule has 1 aromatic heterocycles. The number of carbonyl (C=O) groups is 1. The number of carboxylic acids is 1. The molecular formula is C15H20N2O2. The molecule has 102 valence electrons. The lowest BCUT2D eigenvalue weighted by molar-refractivity contribution is -0.137. The molecule has 0 fully saturated rings. The Morgan fingerprint density at radius 2 is 2.00 bits per heavy atom. The minimum absolute atomic E-state index is 0.0833. The van der Waals surface area contributed by atoms with Crippen LogP contribution < -0.4 is 5.73 Å². The number of nitrogens with two attached hydrogens (primary N) is 1. The molecule has 0 aliphatic carbocycles. The lowest BCUT2D eigenvalue weighted by atomic mass is 10.0. The summed E-state index contributed by atoms with van der Waals surface area (Å²) in [5, 5.41) is 9.63. The molecule has 4 heteroatoms. The van der Waals surface area contributed by atoms with E-state index in [1.165, 1.54) is 6.42 Å². The minimum atomic E-state index is -0.902. The lowest BCUT2D eigenvalue weighted by Crippen LogP contribution is -2.15. The molecule has 1 heterocycles. The third-order valence-electron chi connectivity index (χ3n) is 2.43. The average molecular weight is 260 g/mol. The van der Waals surface area contributed by atoms with Crippen LogP contribution in [0, 0.1) is 0 Å². The fourth-order valence-electron chi connectivity index (χ4n) is 1.60. The van der Waals surface area contributed by atoms with Gasteiger partial charge in [-0.1, -0.05) is 38.5 Å². The molecular weight excluding hydrogens is 240 g/mol. The first-order valence-corrected chi connectivity index (χ1v) is 6.40. The number of hydrogen-bond acceptors (Lipinski definition) is 3. The van der Waals surface area contributed by atoms with Gasteiger partial charge in [-0.2, -0.15) is 0 Å². The Bertz CT molecular complexity index is 540. The number of aliphatic carboxylic acids is 1. The predicted molar refractivity (Wildman–Crippen MR) is 76.9 cm³/mol. The van der Waals surface area contributed by atoms with Crippen LogP contribution >= 0.6 is 0 Å². The van der Waals surface area contributed by atoms with Crippen molar-refractivity contribution in [3.8, 4) is 0 Å². The van der Waals surface area contributed by atoms with E-state index in [1.54, 1.807) is 6.20 Å². The largest absolute Gasteiger partial charge is 0.481 e. The third-order valence-corrected chi connectivity index (χ3v) is 2.43. The Morgan fingerprint density at radius 3 is 2.63 bits per heavy atom. The van der Waals surface area contributed by atoms with E-state index in [-0.39, 0.29) is 6.42 Å². The van der Waals surface area contributed by atoms with E-state index in [0.717, 1.165) is 16.5 Å². The van der Waals surface area contributed by atoms with Gasteiger partial charge in [-0.3, -0.25) is 9.78 Å². The molecule has 0 amide bonds. The average Bonchev–Trinajstić information content (AvgIpc) is 2.38. The maximum absolute atomic E-state index is 10.5. The van der Waals surface area contributed by atoms with Crippen molar-refractivity contribution >= 4 is 16.9 Å².